The molecule has 0 bridgehead atoms. The molecule has 2 aliphatic rings. The number of carbonyl (C=O) groups is 2. The number of likely N-dealkylation sites (tertiary alicyclic amines) is 1. The summed E-state index contributed by atoms with van der Waals surface area (Å²) in [7, 11) is 0. The van der Waals surface area contributed by atoms with Gasteiger partial charge in [0.1, 0.15) is 5.82 Å². The predicted octanol–water partition coefficient (Wildman–Crippen LogP) is 4.76. The number of fused-ring (bicyclic) bond motifs is 2. The van der Waals surface area contributed by atoms with Crippen molar-refractivity contribution in [1.82, 2.24) is 10.1 Å². The van der Waals surface area contributed by atoms with Crippen LogP contribution in [0.4, 0.5) is 10.1 Å². The van der Waals surface area contributed by atoms with Crippen LogP contribution in [0.15, 0.2) is 28.8 Å². The van der Waals surface area contributed by atoms with Gasteiger partial charge in [0.15, 0.2) is 11.4 Å². The highest BCUT2D eigenvalue weighted by Crippen LogP contribution is 2.34. The number of hydrogen-bond donors (Lipinski definition) is 1. The fraction of sp³-hybridized carbons (Fsp3) is 0.435. The molecule has 1 aromatic carbocycles. The molecular weight excluding hydrogens is 417 g/mol. The van der Waals surface area contributed by atoms with Crippen molar-refractivity contribution < 1.29 is 18.5 Å². The number of aromatic nitrogens is 1. The number of nitrogens with zero attached hydrogens (tertiary/aromatic N) is 2. The maximum Gasteiger partial charge on any atom is 0.224 e. The van der Waals surface area contributed by atoms with Crippen molar-refractivity contribution in [2.75, 3.05) is 25.0 Å². The van der Waals surface area contributed by atoms with Gasteiger partial charge in [-0.15, -0.1) is 11.3 Å². The molecule has 1 fully saturated rings. The van der Waals surface area contributed by atoms with Gasteiger partial charge in [0.05, 0.1) is 16.3 Å². The van der Waals surface area contributed by atoms with Gasteiger partial charge in [0, 0.05) is 35.1 Å². The van der Waals surface area contributed by atoms with E-state index in [9.17, 15) is 14.0 Å². The number of nitrogens with one attached hydrogen (secondary N) is 1. The summed E-state index contributed by atoms with van der Waals surface area (Å²) in [5.74, 6) is 0.188. The number of piperidine rings is 1. The van der Waals surface area contributed by atoms with Crippen LogP contribution in [-0.2, 0) is 11.2 Å². The zero-order chi connectivity index (χ0) is 21.4. The molecule has 0 saturated carbocycles. The number of ketones is 1. The number of aryl methyl sites for hydroxylation is 1. The molecule has 1 amide bonds. The molecule has 0 spiro atoms. The van der Waals surface area contributed by atoms with Gasteiger partial charge in [0.2, 0.25) is 5.91 Å². The molecule has 0 radical (unpaired) electrons. The molecular formula is C23H24FN3O3S. The Morgan fingerprint density at radius 3 is 2.94 bits per heavy atom. The number of rotatable bonds is 6. The highest BCUT2D eigenvalue weighted by molar-refractivity contribution is 7.14. The van der Waals surface area contributed by atoms with Crippen molar-refractivity contribution >= 4 is 39.7 Å². The highest BCUT2D eigenvalue weighted by atomic mass is 32.1. The number of Topliss-reactive ketones (excluding diaryl/α,β-unsaturated/α-hetero) is 1. The number of thiophene rings is 1. The lowest BCUT2D eigenvalue weighted by molar-refractivity contribution is -0.116. The third kappa shape index (κ3) is 4.27. The van der Waals surface area contributed by atoms with E-state index in [1.807, 2.05) is 6.07 Å². The van der Waals surface area contributed by atoms with E-state index in [2.05, 4.69) is 15.4 Å². The quantitative estimate of drug-likeness (QED) is 0.559. The van der Waals surface area contributed by atoms with Crippen molar-refractivity contribution in [1.29, 1.82) is 0 Å². The van der Waals surface area contributed by atoms with E-state index in [4.69, 9.17) is 4.52 Å². The predicted molar refractivity (Wildman–Crippen MR) is 117 cm³/mol. The third-order valence-electron chi connectivity index (χ3n) is 6.25. The Balaban J connectivity index is 1.10. The summed E-state index contributed by atoms with van der Waals surface area (Å²) in [6.07, 6.45) is 4.52. The van der Waals surface area contributed by atoms with Gasteiger partial charge in [0.25, 0.3) is 0 Å². The lowest BCUT2D eigenvalue weighted by Crippen LogP contribution is -2.34. The first-order chi connectivity index (χ1) is 15.1. The number of halogens is 1. The fourth-order valence-corrected chi connectivity index (χ4v) is 5.62. The first kappa shape index (κ1) is 20.3. The molecule has 3 aromatic rings. The summed E-state index contributed by atoms with van der Waals surface area (Å²) in [6, 6.07) is 6.42. The topological polar surface area (TPSA) is 75.4 Å². The van der Waals surface area contributed by atoms with Crippen LogP contribution in [0.3, 0.4) is 0 Å². The molecule has 5 rings (SSSR count). The number of carbonyl (C=O) groups excluding carboxylic acids is 2. The van der Waals surface area contributed by atoms with Crippen LogP contribution in [0.5, 0.6) is 0 Å². The van der Waals surface area contributed by atoms with E-state index in [-0.39, 0.29) is 17.5 Å². The van der Waals surface area contributed by atoms with Gasteiger partial charge in [-0.3, -0.25) is 9.59 Å². The molecule has 0 atom stereocenters. The minimum Gasteiger partial charge on any atom is -0.356 e. The molecule has 2 aromatic heterocycles. The van der Waals surface area contributed by atoms with Crippen LogP contribution in [0.25, 0.3) is 11.0 Å². The summed E-state index contributed by atoms with van der Waals surface area (Å²) in [6.45, 7) is 2.80. The van der Waals surface area contributed by atoms with Crippen molar-refractivity contribution in [3.05, 3.63) is 45.5 Å². The Bertz CT molecular complexity index is 1130. The second-order valence-corrected chi connectivity index (χ2v) is 9.48. The minimum absolute atomic E-state index is 0.0264. The summed E-state index contributed by atoms with van der Waals surface area (Å²) in [5, 5.41) is 7.96. The molecule has 8 heteroatoms. The Morgan fingerprint density at radius 2 is 2.10 bits per heavy atom. The number of amides is 1. The summed E-state index contributed by atoms with van der Waals surface area (Å²) in [5.41, 5.74) is 2.25. The smallest absolute Gasteiger partial charge is 0.224 e. The molecule has 6 nitrogen and oxygen atoms in total. The van der Waals surface area contributed by atoms with Crippen LogP contribution in [0.2, 0.25) is 0 Å². The second kappa shape index (κ2) is 8.51. The van der Waals surface area contributed by atoms with Crippen molar-refractivity contribution in [3.63, 3.8) is 0 Å². The number of hydrogen-bond acceptors (Lipinski definition) is 6. The maximum atomic E-state index is 13.4. The van der Waals surface area contributed by atoms with Crippen molar-refractivity contribution in [2.24, 2.45) is 0 Å². The van der Waals surface area contributed by atoms with Gasteiger partial charge in [-0.2, -0.15) is 0 Å². The van der Waals surface area contributed by atoms with Crippen molar-refractivity contribution in [2.45, 2.75) is 44.4 Å². The molecule has 2 aliphatic heterocycles. The second-order valence-electron chi connectivity index (χ2n) is 8.35. The zero-order valence-corrected chi connectivity index (χ0v) is 18.0. The van der Waals surface area contributed by atoms with Crippen LogP contribution in [-0.4, -0.2) is 41.4 Å². The molecule has 0 aliphatic carbocycles. The first-order valence-corrected chi connectivity index (χ1v) is 11.6. The van der Waals surface area contributed by atoms with Crippen LogP contribution in [0.1, 0.15) is 58.3 Å². The van der Waals surface area contributed by atoms with E-state index in [0.29, 0.717) is 24.3 Å². The van der Waals surface area contributed by atoms with E-state index < -0.39 is 0 Å². The van der Waals surface area contributed by atoms with Gasteiger partial charge in [-0.25, -0.2) is 4.39 Å². The first-order valence-electron chi connectivity index (χ1n) is 10.8. The lowest BCUT2D eigenvalue weighted by Gasteiger charge is -2.31. The normalized spacial score (nSPS) is 17.6. The van der Waals surface area contributed by atoms with E-state index >= 15 is 0 Å². The summed E-state index contributed by atoms with van der Waals surface area (Å²) >= 11 is 1.51. The molecule has 1 saturated heterocycles. The standard InChI is InChI=1S/C23H24FN3O3S/c24-15-3-4-16-19(12-15)30-26-23(16)14-7-10-27(11-8-14)9-1-2-18(28)21-13-17-20(31-21)5-6-22(29)25-17/h3-4,12-14H,1-2,5-11H2,(H,25,29). The van der Waals surface area contributed by atoms with Gasteiger partial charge in [-0.05, 0) is 63.5 Å². The third-order valence-corrected chi connectivity index (χ3v) is 7.49. The Hall–Kier alpha value is -2.58. The van der Waals surface area contributed by atoms with Crippen molar-refractivity contribution in [3.8, 4) is 0 Å². The Kier molecular flexibility index (Phi) is 5.58. The number of anilines is 1. The largest absolute Gasteiger partial charge is 0.356 e. The van der Waals surface area contributed by atoms with E-state index in [1.54, 1.807) is 6.07 Å². The average Bonchev–Trinajstić information content (AvgIpc) is 3.37. The van der Waals surface area contributed by atoms with Gasteiger partial charge >= 0.3 is 0 Å². The highest BCUT2D eigenvalue weighted by Gasteiger charge is 2.25. The van der Waals surface area contributed by atoms with E-state index in [1.165, 1.54) is 23.5 Å². The van der Waals surface area contributed by atoms with Gasteiger partial charge < -0.3 is 14.7 Å². The number of benzene rings is 1. The Morgan fingerprint density at radius 1 is 1.26 bits per heavy atom. The zero-order valence-electron chi connectivity index (χ0n) is 17.2. The van der Waals surface area contributed by atoms with Crippen LogP contribution in [0, 0.1) is 5.82 Å². The summed E-state index contributed by atoms with van der Waals surface area (Å²) in [4.78, 5) is 28.3. The fourth-order valence-electron chi connectivity index (χ4n) is 4.54. The average molecular weight is 442 g/mol. The molecule has 1 N–H and O–H groups in total. The van der Waals surface area contributed by atoms with Crippen LogP contribution < -0.4 is 5.32 Å². The SMILES string of the molecule is O=C1CCc2sc(C(=O)CCCN3CCC(c4noc5cc(F)ccc45)CC3)cc2N1. The van der Waals surface area contributed by atoms with Gasteiger partial charge in [-0.1, -0.05) is 5.16 Å². The molecule has 31 heavy (non-hydrogen) atoms. The Labute approximate surface area is 183 Å². The minimum atomic E-state index is -0.313. The maximum absolute atomic E-state index is 13.4. The van der Waals surface area contributed by atoms with Crippen LogP contribution >= 0.6 is 11.3 Å². The molecule has 0 unspecified atom stereocenters. The summed E-state index contributed by atoms with van der Waals surface area (Å²) < 4.78 is 18.7. The van der Waals surface area contributed by atoms with E-state index in [0.717, 1.165) is 71.8 Å². The lowest BCUT2D eigenvalue weighted by atomic mass is 9.91. The molecule has 4 heterocycles. The monoisotopic (exact) mass is 441 g/mol. The molecule has 162 valence electrons.